The van der Waals surface area contributed by atoms with Crippen LogP contribution in [0.25, 0.3) is 10.9 Å². The number of benzene rings is 1. The smallest absolute Gasteiger partial charge is 0.272 e. The number of amides is 2. The third-order valence-electron chi connectivity index (χ3n) is 5.32. The van der Waals surface area contributed by atoms with Gasteiger partial charge >= 0.3 is 0 Å². The highest BCUT2D eigenvalue weighted by Gasteiger charge is 2.29. The molecule has 2 amide bonds. The van der Waals surface area contributed by atoms with Gasteiger partial charge in [-0.25, -0.2) is 4.98 Å². The fourth-order valence-corrected chi connectivity index (χ4v) is 3.66. The number of hydrogen-bond acceptors (Lipinski definition) is 6. The number of nitrogens with zero attached hydrogens (tertiary/aromatic N) is 4. The molecule has 1 atom stereocenters. The van der Waals surface area contributed by atoms with Gasteiger partial charge in [0.15, 0.2) is 0 Å². The van der Waals surface area contributed by atoms with E-state index in [0.29, 0.717) is 42.2 Å². The van der Waals surface area contributed by atoms with Crippen molar-refractivity contribution in [1.82, 2.24) is 19.8 Å². The van der Waals surface area contributed by atoms with Gasteiger partial charge in [0, 0.05) is 31.7 Å². The predicted molar refractivity (Wildman–Crippen MR) is 115 cm³/mol. The molecule has 3 heterocycles. The van der Waals surface area contributed by atoms with E-state index in [9.17, 15) is 14.7 Å². The van der Waals surface area contributed by atoms with Crippen molar-refractivity contribution in [2.45, 2.75) is 6.10 Å². The zero-order valence-electron chi connectivity index (χ0n) is 17.3. The first-order chi connectivity index (χ1) is 15.1. The Labute approximate surface area is 180 Å². The molecule has 160 valence electrons. The first kappa shape index (κ1) is 20.9. The quantitative estimate of drug-likeness (QED) is 0.677. The van der Waals surface area contributed by atoms with Crippen molar-refractivity contribution in [3.05, 3.63) is 71.7 Å². The van der Waals surface area contributed by atoms with Crippen molar-refractivity contribution in [2.75, 3.05) is 39.9 Å². The Balaban J connectivity index is 1.66. The average Bonchev–Trinajstić information content (AvgIpc) is 2.83. The summed E-state index contributed by atoms with van der Waals surface area (Å²) in [5.74, 6) is -0.361. The van der Waals surface area contributed by atoms with E-state index in [2.05, 4.69) is 4.98 Å². The van der Waals surface area contributed by atoms with Crippen LogP contribution in [-0.2, 0) is 4.74 Å². The zero-order valence-corrected chi connectivity index (χ0v) is 17.3. The van der Waals surface area contributed by atoms with Gasteiger partial charge in [-0.05, 0) is 24.3 Å². The standard InChI is InChI=1S/C23H24N4O4/c1-26(10-12-28)22(29)17-14-20(25-18-7-3-2-6-16(17)18)21-15-27(11-13-31-21)23(30)19-8-4-5-9-24-19/h2-9,14,21,28H,10-13,15H2,1H3. The minimum absolute atomic E-state index is 0.117. The second-order valence-electron chi connectivity index (χ2n) is 7.39. The molecule has 1 aliphatic heterocycles. The zero-order chi connectivity index (χ0) is 21.8. The first-order valence-corrected chi connectivity index (χ1v) is 10.2. The monoisotopic (exact) mass is 420 g/mol. The van der Waals surface area contributed by atoms with Crippen molar-refractivity contribution in [1.29, 1.82) is 0 Å². The van der Waals surface area contributed by atoms with Crippen LogP contribution in [0, 0.1) is 0 Å². The highest BCUT2D eigenvalue weighted by atomic mass is 16.5. The molecular formula is C23H24N4O4. The predicted octanol–water partition coefficient (Wildman–Crippen LogP) is 1.91. The van der Waals surface area contributed by atoms with E-state index in [1.54, 1.807) is 42.4 Å². The lowest BCUT2D eigenvalue weighted by Gasteiger charge is -2.32. The van der Waals surface area contributed by atoms with Gasteiger partial charge in [-0.15, -0.1) is 0 Å². The number of rotatable bonds is 5. The van der Waals surface area contributed by atoms with Crippen LogP contribution in [0.4, 0.5) is 0 Å². The Morgan fingerprint density at radius 3 is 2.81 bits per heavy atom. The summed E-state index contributed by atoms with van der Waals surface area (Å²) in [6.07, 6.45) is 1.14. The molecule has 1 fully saturated rings. The maximum atomic E-state index is 13.0. The molecule has 3 aromatic rings. The molecule has 8 nitrogen and oxygen atoms in total. The molecule has 2 aromatic heterocycles. The molecule has 0 bridgehead atoms. The van der Waals surface area contributed by atoms with Gasteiger partial charge in [0.25, 0.3) is 11.8 Å². The Morgan fingerprint density at radius 1 is 1.23 bits per heavy atom. The molecule has 1 N–H and O–H groups in total. The van der Waals surface area contributed by atoms with Gasteiger partial charge in [-0.3, -0.25) is 14.6 Å². The lowest BCUT2D eigenvalue weighted by Crippen LogP contribution is -2.42. The van der Waals surface area contributed by atoms with E-state index in [0.717, 1.165) is 5.39 Å². The summed E-state index contributed by atoms with van der Waals surface area (Å²) < 4.78 is 5.93. The number of hydrogen-bond donors (Lipinski definition) is 1. The minimum atomic E-state index is -0.458. The molecule has 0 radical (unpaired) electrons. The lowest BCUT2D eigenvalue weighted by atomic mass is 10.0. The fourth-order valence-electron chi connectivity index (χ4n) is 3.66. The van der Waals surface area contributed by atoms with E-state index in [4.69, 9.17) is 9.72 Å². The Morgan fingerprint density at radius 2 is 2.03 bits per heavy atom. The number of ether oxygens (including phenoxy) is 1. The van der Waals surface area contributed by atoms with Crippen LogP contribution in [0.2, 0.25) is 0 Å². The van der Waals surface area contributed by atoms with E-state index < -0.39 is 6.10 Å². The maximum absolute atomic E-state index is 13.0. The molecule has 8 heteroatoms. The average molecular weight is 420 g/mol. The van der Waals surface area contributed by atoms with Gasteiger partial charge in [-0.2, -0.15) is 0 Å². The minimum Gasteiger partial charge on any atom is -0.395 e. The van der Waals surface area contributed by atoms with Crippen molar-refractivity contribution in [3.8, 4) is 0 Å². The van der Waals surface area contributed by atoms with Crippen LogP contribution in [0.5, 0.6) is 0 Å². The number of aliphatic hydroxyl groups is 1. The van der Waals surface area contributed by atoms with E-state index >= 15 is 0 Å². The van der Waals surface area contributed by atoms with Crippen LogP contribution in [0.1, 0.15) is 32.6 Å². The number of carbonyl (C=O) groups is 2. The molecule has 31 heavy (non-hydrogen) atoms. The van der Waals surface area contributed by atoms with Crippen molar-refractivity contribution in [2.24, 2.45) is 0 Å². The van der Waals surface area contributed by atoms with Crippen molar-refractivity contribution >= 4 is 22.7 Å². The number of morpholine rings is 1. The normalized spacial score (nSPS) is 16.3. The third kappa shape index (κ3) is 4.40. The van der Waals surface area contributed by atoms with Crippen molar-refractivity contribution in [3.63, 3.8) is 0 Å². The largest absolute Gasteiger partial charge is 0.395 e. The SMILES string of the molecule is CN(CCO)C(=O)c1cc(C2CN(C(=O)c3ccccn3)CCO2)nc2ccccc12. The van der Waals surface area contributed by atoms with Gasteiger partial charge in [0.2, 0.25) is 0 Å². The number of aromatic nitrogens is 2. The molecular weight excluding hydrogens is 396 g/mol. The second-order valence-corrected chi connectivity index (χ2v) is 7.39. The number of carbonyl (C=O) groups excluding carboxylic acids is 2. The van der Waals surface area contributed by atoms with Gasteiger partial charge in [0.1, 0.15) is 11.8 Å². The molecule has 0 spiro atoms. The summed E-state index contributed by atoms with van der Waals surface area (Å²) in [5.41, 5.74) is 2.15. The highest BCUT2D eigenvalue weighted by molar-refractivity contribution is 6.06. The molecule has 1 unspecified atom stereocenters. The van der Waals surface area contributed by atoms with Crippen LogP contribution < -0.4 is 0 Å². The topological polar surface area (TPSA) is 95.9 Å². The molecule has 4 rings (SSSR count). The lowest BCUT2D eigenvalue weighted by molar-refractivity contribution is -0.0248. The van der Waals surface area contributed by atoms with Gasteiger partial charge in [0.05, 0.1) is 36.5 Å². The van der Waals surface area contributed by atoms with Crippen LogP contribution in [0.15, 0.2) is 54.7 Å². The molecule has 0 saturated carbocycles. The van der Waals surface area contributed by atoms with Gasteiger partial charge < -0.3 is 19.6 Å². The van der Waals surface area contributed by atoms with Crippen LogP contribution in [0.3, 0.4) is 0 Å². The first-order valence-electron chi connectivity index (χ1n) is 10.2. The van der Waals surface area contributed by atoms with Gasteiger partial charge in [-0.1, -0.05) is 24.3 Å². The fraction of sp³-hybridized carbons (Fsp3) is 0.304. The van der Waals surface area contributed by atoms with E-state index in [1.165, 1.54) is 4.90 Å². The summed E-state index contributed by atoms with van der Waals surface area (Å²) in [6, 6.07) is 14.4. The van der Waals surface area contributed by atoms with Crippen LogP contribution in [-0.4, -0.2) is 76.6 Å². The third-order valence-corrected chi connectivity index (χ3v) is 5.32. The number of para-hydroxylation sites is 1. The molecule has 0 aliphatic carbocycles. The Bertz CT molecular complexity index is 1090. The summed E-state index contributed by atoms with van der Waals surface area (Å²) in [4.78, 5) is 37.9. The highest BCUT2D eigenvalue weighted by Crippen LogP contribution is 2.27. The summed E-state index contributed by atoms with van der Waals surface area (Å²) in [7, 11) is 1.65. The summed E-state index contributed by atoms with van der Waals surface area (Å²) >= 11 is 0. The second kappa shape index (κ2) is 9.20. The van der Waals surface area contributed by atoms with Crippen LogP contribution >= 0.6 is 0 Å². The molecule has 1 saturated heterocycles. The number of pyridine rings is 2. The summed E-state index contributed by atoms with van der Waals surface area (Å²) in [6.45, 7) is 1.27. The molecule has 1 aromatic carbocycles. The number of aliphatic hydroxyl groups excluding tert-OH is 1. The Hall–Kier alpha value is -3.36. The van der Waals surface area contributed by atoms with E-state index in [-0.39, 0.29) is 25.0 Å². The number of likely N-dealkylation sites (N-methyl/N-ethyl adjacent to an activating group) is 1. The summed E-state index contributed by atoms with van der Waals surface area (Å²) in [5, 5.41) is 9.95. The maximum Gasteiger partial charge on any atom is 0.272 e. The van der Waals surface area contributed by atoms with E-state index in [1.807, 2.05) is 24.3 Å². The molecule has 1 aliphatic rings. The Kier molecular flexibility index (Phi) is 6.20. The van der Waals surface area contributed by atoms with Crippen molar-refractivity contribution < 1.29 is 19.4 Å². The number of fused-ring (bicyclic) bond motifs is 1.